The van der Waals surface area contributed by atoms with Crippen LogP contribution in [0, 0.1) is 5.82 Å². The van der Waals surface area contributed by atoms with E-state index in [0.29, 0.717) is 0 Å². The second-order valence-electron chi connectivity index (χ2n) is 4.25. The Labute approximate surface area is 111 Å². The third-order valence-electron chi connectivity index (χ3n) is 3.04. The fraction of sp³-hybridized carbons (Fsp3) is 0.333. The molecule has 0 saturated carbocycles. The van der Waals surface area contributed by atoms with Gasteiger partial charge in [0.1, 0.15) is 5.82 Å². The molecule has 1 rings (SSSR count). The molecule has 0 aliphatic carbocycles. The van der Waals surface area contributed by atoms with E-state index in [-0.39, 0.29) is 10.5 Å². The summed E-state index contributed by atoms with van der Waals surface area (Å²) >= 11 is 0. The van der Waals surface area contributed by atoms with Crippen molar-refractivity contribution in [2.45, 2.75) is 18.6 Å². The Kier molecular flexibility index (Phi) is 4.07. The summed E-state index contributed by atoms with van der Waals surface area (Å²) in [6, 6.07) is 3.85. The molecular formula is C12H11F4NO3. The third kappa shape index (κ3) is 2.73. The predicted octanol–water partition coefficient (Wildman–Crippen LogP) is 2.15. The van der Waals surface area contributed by atoms with Crippen LogP contribution in [0.1, 0.15) is 12.5 Å². The molecule has 0 spiro atoms. The van der Waals surface area contributed by atoms with Crippen LogP contribution in [0.5, 0.6) is 0 Å². The summed E-state index contributed by atoms with van der Waals surface area (Å²) in [6.45, 7) is 0.937. The molecule has 1 N–H and O–H groups in total. The Hall–Kier alpha value is -2.12. The number of rotatable bonds is 3. The van der Waals surface area contributed by atoms with Gasteiger partial charge in [0.2, 0.25) is 0 Å². The fourth-order valence-corrected chi connectivity index (χ4v) is 1.63. The molecule has 1 aromatic carbocycles. The highest BCUT2D eigenvalue weighted by atomic mass is 19.4. The highest BCUT2D eigenvalue weighted by Crippen LogP contribution is 2.31. The lowest BCUT2D eigenvalue weighted by molar-refractivity contribution is -0.193. The van der Waals surface area contributed by atoms with Crippen molar-refractivity contribution < 1.29 is 32.3 Å². The molecule has 20 heavy (non-hydrogen) atoms. The van der Waals surface area contributed by atoms with E-state index in [9.17, 15) is 32.3 Å². The summed E-state index contributed by atoms with van der Waals surface area (Å²) in [5.74, 6) is -4.64. The minimum absolute atomic E-state index is 0.0720. The summed E-state index contributed by atoms with van der Waals surface area (Å²) < 4.78 is 50.1. The maximum absolute atomic E-state index is 12.8. The number of carbonyl (C=O) groups excluding carboxylic acids is 1. The molecular weight excluding hydrogens is 282 g/mol. The first-order valence-electron chi connectivity index (χ1n) is 5.35. The van der Waals surface area contributed by atoms with Gasteiger partial charge in [-0.15, -0.1) is 0 Å². The fourth-order valence-electron chi connectivity index (χ4n) is 1.63. The summed E-state index contributed by atoms with van der Waals surface area (Å²) in [4.78, 5) is 22.6. The summed E-state index contributed by atoms with van der Waals surface area (Å²) in [5.41, 5.74) is -2.41. The number of carboxylic acid groups (broad SMARTS) is 1. The average Bonchev–Trinajstić information content (AvgIpc) is 2.35. The standard InChI is InChI=1S/C12H11F4NO3/c1-11(10(19)20,7-3-5-8(13)6-4-7)17(2)9(18)12(14,15)16/h3-6H,1-2H3,(H,19,20). The van der Waals surface area contributed by atoms with Crippen LogP contribution in [0.3, 0.4) is 0 Å². The number of alkyl halides is 3. The summed E-state index contributed by atoms with van der Waals surface area (Å²) in [6.07, 6.45) is -5.20. The molecule has 0 aliphatic heterocycles. The van der Waals surface area contributed by atoms with E-state index in [1.54, 1.807) is 0 Å². The van der Waals surface area contributed by atoms with Crippen LogP contribution in [0.25, 0.3) is 0 Å². The molecule has 0 aliphatic rings. The number of likely N-dealkylation sites (N-methyl/N-ethyl adjacent to an activating group) is 1. The predicted molar refractivity (Wildman–Crippen MR) is 60.2 cm³/mol. The zero-order valence-electron chi connectivity index (χ0n) is 10.5. The Balaban J connectivity index is 3.32. The van der Waals surface area contributed by atoms with Crippen molar-refractivity contribution in [3.05, 3.63) is 35.6 Å². The van der Waals surface area contributed by atoms with Crippen LogP contribution < -0.4 is 0 Å². The molecule has 0 heterocycles. The van der Waals surface area contributed by atoms with Crippen molar-refractivity contribution in [2.75, 3.05) is 7.05 Å². The molecule has 0 bridgehead atoms. The van der Waals surface area contributed by atoms with E-state index >= 15 is 0 Å². The molecule has 8 heteroatoms. The van der Waals surface area contributed by atoms with E-state index in [1.165, 1.54) is 0 Å². The number of hydrogen-bond donors (Lipinski definition) is 1. The Bertz CT molecular complexity index is 526. The lowest BCUT2D eigenvalue weighted by Crippen LogP contribution is -2.54. The molecule has 0 radical (unpaired) electrons. The zero-order valence-corrected chi connectivity index (χ0v) is 10.5. The Morgan fingerprint density at radius 3 is 1.95 bits per heavy atom. The van der Waals surface area contributed by atoms with Crippen LogP contribution in [-0.2, 0) is 15.1 Å². The number of aliphatic carboxylic acids is 1. The largest absolute Gasteiger partial charge is 0.479 e. The lowest BCUT2D eigenvalue weighted by atomic mass is 9.90. The molecule has 0 fully saturated rings. The zero-order chi connectivity index (χ0) is 15.7. The van der Waals surface area contributed by atoms with Gasteiger partial charge in [-0.2, -0.15) is 13.2 Å². The van der Waals surface area contributed by atoms with E-state index in [4.69, 9.17) is 0 Å². The number of nitrogens with zero attached hydrogens (tertiary/aromatic N) is 1. The van der Waals surface area contributed by atoms with Crippen LogP contribution in [0.15, 0.2) is 24.3 Å². The molecule has 0 saturated heterocycles. The van der Waals surface area contributed by atoms with Crippen molar-refractivity contribution in [2.24, 2.45) is 0 Å². The number of hydrogen-bond acceptors (Lipinski definition) is 2. The third-order valence-corrected chi connectivity index (χ3v) is 3.04. The van der Waals surface area contributed by atoms with E-state index in [0.717, 1.165) is 38.2 Å². The van der Waals surface area contributed by atoms with Gasteiger partial charge in [-0.3, -0.25) is 4.79 Å². The molecule has 1 amide bonds. The van der Waals surface area contributed by atoms with Crippen LogP contribution in [0.2, 0.25) is 0 Å². The normalized spacial score (nSPS) is 14.5. The van der Waals surface area contributed by atoms with Gasteiger partial charge in [0, 0.05) is 7.05 Å². The van der Waals surface area contributed by atoms with Crippen molar-refractivity contribution in [1.29, 1.82) is 0 Å². The quantitative estimate of drug-likeness (QED) is 0.869. The first-order chi connectivity index (χ1) is 9.01. The number of carbonyl (C=O) groups is 2. The van der Waals surface area contributed by atoms with Crippen molar-refractivity contribution in [1.82, 2.24) is 4.90 Å². The van der Waals surface area contributed by atoms with Gasteiger partial charge in [-0.05, 0) is 24.6 Å². The van der Waals surface area contributed by atoms with Crippen LogP contribution >= 0.6 is 0 Å². The average molecular weight is 293 g/mol. The van der Waals surface area contributed by atoms with E-state index < -0.39 is 29.4 Å². The maximum Gasteiger partial charge on any atom is 0.471 e. The molecule has 1 aromatic rings. The SMILES string of the molecule is CN(C(=O)C(F)(F)F)C(C)(C(=O)O)c1ccc(F)cc1. The summed E-state index contributed by atoms with van der Waals surface area (Å²) in [7, 11) is 0.729. The van der Waals surface area contributed by atoms with Crippen molar-refractivity contribution in [3.63, 3.8) is 0 Å². The van der Waals surface area contributed by atoms with Crippen LogP contribution in [0.4, 0.5) is 17.6 Å². The topological polar surface area (TPSA) is 57.6 Å². The second-order valence-corrected chi connectivity index (χ2v) is 4.25. The highest BCUT2D eigenvalue weighted by molar-refractivity contribution is 5.90. The van der Waals surface area contributed by atoms with Gasteiger partial charge in [0.25, 0.3) is 0 Å². The minimum Gasteiger partial charge on any atom is -0.479 e. The van der Waals surface area contributed by atoms with E-state index in [2.05, 4.69) is 0 Å². The first-order valence-corrected chi connectivity index (χ1v) is 5.35. The summed E-state index contributed by atoms with van der Waals surface area (Å²) in [5, 5.41) is 9.19. The van der Waals surface area contributed by atoms with E-state index in [1.807, 2.05) is 0 Å². The van der Waals surface area contributed by atoms with Gasteiger partial charge in [-0.1, -0.05) is 12.1 Å². The Morgan fingerprint density at radius 2 is 1.60 bits per heavy atom. The molecule has 0 aromatic heterocycles. The van der Waals surface area contributed by atoms with Gasteiger partial charge < -0.3 is 10.0 Å². The number of halogens is 4. The van der Waals surface area contributed by atoms with Gasteiger partial charge in [0.15, 0.2) is 5.54 Å². The van der Waals surface area contributed by atoms with Gasteiger partial charge in [-0.25, -0.2) is 9.18 Å². The number of benzene rings is 1. The molecule has 1 unspecified atom stereocenters. The molecule has 110 valence electrons. The van der Waals surface area contributed by atoms with Gasteiger partial charge in [0.05, 0.1) is 0 Å². The smallest absolute Gasteiger partial charge is 0.471 e. The Morgan fingerprint density at radius 1 is 1.15 bits per heavy atom. The van der Waals surface area contributed by atoms with Crippen molar-refractivity contribution >= 4 is 11.9 Å². The van der Waals surface area contributed by atoms with Gasteiger partial charge >= 0.3 is 18.1 Å². The second kappa shape index (κ2) is 5.10. The monoisotopic (exact) mass is 293 g/mol. The maximum atomic E-state index is 12.8. The molecule has 1 atom stereocenters. The number of amides is 1. The highest BCUT2D eigenvalue weighted by Gasteiger charge is 2.50. The first kappa shape index (κ1) is 15.9. The minimum atomic E-state index is -5.20. The lowest BCUT2D eigenvalue weighted by Gasteiger charge is -2.35. The number of carboxylic acids is 1. The van der Waals surface area contributed by atoms with Crippen molar-refractivity contribution in [3.8, 4) is 0 Å². The molecule has 4 nitrogen and oxygen atoms in total. The van der Waals surface area contributed by atoms with Crippen LogP contribution in [-0.4, -0.2) is 35.1 Å².